The van der Waals surface area contributed by atoms with E-state index in [0.717, 1.165) is 15.8 Å². The lowest BCUT2D eigenvalue weighted by molar-refractivity contribution is 0.574. The summed E-state index contributed by atoms with van der Waals surface area (Å²) in [5.74, 6) is 1.67. The molecule has 0 unspecified atom stereocenters. The molecule has 0 atom stereocenters. The molecule has 2 N–H and O–H groups in total. The number of aromatic nitrogens is 4. The third-order valence-electron chi connectivity index (χ3n) is 2.47. The molecule has 7 nitrogen and oxygen atoms in total. The largest absolute Gasteiger partial charge is 0.455 e. The number of tetrazole rings is 1. The van der Waals surface area contributed by atoms with Crippen molar-refractivity contribution in [3.05, 3.63) is 46.6 Å². The van der Waals surface area contributed by atoms with E-state index in [2.05, 4.69) is 47.1 Å². The Morgan fingerprint density at radius 1 is 1.25 bits per heavy atom. The summed E-state index contributed by atoms with van der Waals surface area (Å²) >= 11 is 3.49. The van der Waals surface area contributed by atoms with Gasteiger partial charge in [0.25, 0.3) is 5.95 Å². The molecule has 0 aliphatic rings. The number of hydrazone groups is 1. The summed E-state index contributed by atoms with van der Waals surface area (Å²) in [7, 11) is 0. The van der Waals surface area contributed by atoms with Crippen LogP contribution >= 0.6 is 15.9 Å². The second-order valence-electron chi connectivity index (χ2n) is 3.79. The minimum Gasteiger partial charge on any atom is -0.455 e. The topological polar surface area (TPSA) is 92.0 Å². The number of anilines is 1. The highest BCUT2D eigenvalue weighted by atomic mass is 79.9. The number of nitrogens with zero attached hydrogens (tertiary/aromatic N) is 4. The van der Waals surface area contributed by atoms with Gasteiger partial charge in [0.15, 0.2) is 0 Å². The third kappa shape index (κ3) is 2.75. The summed E-state index contributed by atoms with van der Waals surface area (Å²) in [5.41, 5.74) is 3.60. The zero-order valence-corrected chi connectivity index (χ0v) is 11.7. The normalized spacial score (nSPS) is 11.1. The van der Waals surface area contributed by atoms with Gasteiger partial charge in [0.2, 0.25) is 0 Å². The van der Waals surface area contributed by atoms with Crippen LogP contribution in [0.3, 0.4) is 0 Å². The Bertz CT molecular complexity index is 721. The molecule has 3 aromatic rings. The molecule has 0 saturated carbocycles. The van der Waals surface area contributed by atoms with Gasteiger partial charge in [-0.1, -0.05) is 39.2 Å². The smallest absolute Gasteiger partial charge is 0.283 e. The van der Waals surface area contributed by atoms with Crippen LogP contribution in [0.25, 0.3) is 11.3 Å². The van der Waals surface area contributed by atoms with E-state index < -0.39 is 0 Å². The Morgan fingerprint density at radius 2 is 2.15 bits per heavy atom. The lowest BCUT2D eigenvalue weighted by atomic mass is 10.2. The molecule has 8 heteroatoms. The molecule has 20 heavy (non-hydrogen) atoms. The van der Waals surface area contributed by atoms with Gasteiger partial charge in [-0.3, -0.25) is 0 Å². The molecule has 0 amide bonds. The van der Waals surface area contributed by atoms with Gasteiger partial charge in [-0.2, -0.15) is 10.3 Å². The second kappa shape index (κ2) is 5.66. The van der Waals surface area contributed by atoms with E-state index in [1.54, 1.807) is 0 Å². The number of rotatable bonds is 4. The number of hydrogen-bond acceptors (Lipinski definition) is 6. The fraction of sp³-hybridized carbons (Fsp3) is 0. The van der Waals surface area contributed by atoms with Crippen molar-refractivity contribution < 1.29 is 4.42 Å². The van der Waals surface area contributed by atoms with Crippen LogP contribution in [0, 0.1) is 0 Å². The van der Waals surface area contributed by atoms with E-state index in [9.17, 15) is 0 Å². The van der Waals surface area contributed by atoms with Crippen molar-refractivity contribution in [3.8, 4) is 11.3 Å². The highest BCUT2D eigenvalue weighted by Gasteiger charge is 2.06. The monoisotopic (exact) mass is 332 g/mol. The minimum absolute atomic E-state index is 0.291. The molecule has 100 valence electrons. The predicted octanol–water partition coefficient (Wildman–Crippen LogP) is 2.67. The molecule has 0 aliphatic carbocycles. The molecule has 0 fully saturated rings. The van der Waals surface area contributed by atoms with Gasteiger partial charge in [-0.05, 0) is 23.4 Å². The quantitative estimate of drug-likeness (QED) is 0.566. The molecule has 3 rings (SSSR count). The number of hydrogen-bond donors (Lipinski definition) is 2. The SMILES string of the molecule is Brc1ccccc1-c1ccc(/C=N/Nc2nn[nH]n2)o1. The number of furan rings is 1. The number of halogens is 1. The van der Waals surface area contributed by atoms with Crippen molar-refractivity contribution in [2.75, 3.05) is 5.43 Å². The first-order valence-electron chi connectivity index (χ1n) is 5.70. The van der Waals surface area contributed by atoms with Gasteiger partial charge in [0.05, 0.1) is 6.21 Å². The van der Waals surface area contributed by atoms with Crippen LogP contribution in [-0.2, 0) is 0 Å². The van der Waals surface area contributed by atoms with Crippen LogP contribution < -0.4 is 5.43 Å². The summed E-state index contributed by atoms with van der Waals surface area (Å²) in [5, 5.41) is 17.1. The van der Waals surface area contributed by atoms with E-state index in [0.29, 0.717) is 11.7 Å². The lowest BCUT2D eigenvalue weighted by Crippen LogP contribution is -1.91. The van der Waals surface area contributed by atoms with Crippen LogP contribution in [0.5, 0.6) is 0 Å². The average molecular weight is 333 g/mol. The zero-order valence-electron chi connectivity index (χ0n) is 10.1. The van der Waals surface area contributed by atoms with Gasteiger partial charge in [-0.15, -0.1) is 5.10 Å². The van der Waals surface area contributed by atoms with Gasteiger partial charge < -0.3 is 4.42 Å². The fourth-order valence-corrected chi connectivity index (χ4v) is 2.07. The number of nitrogens with one attached hydrogen (secondary N) is 2. The zero-order chi connectivity index (χ0) is 13.8. The Balaban J connectivity index is 1.74. The van der Waals surface area contributed by atoms with Crippen molar-refractivity contribution >= 4 is 28.1 Å². The van der Waals surface area contributed by atoms with Crippen molar-refractivity contribution in [1.29, 1.82) is 0 Å². The molecular formula is C12H9BrN6O. The molecule has 2 aromatic heterocycles. The number of benzene rings is 1. The van der Waals surface area contributed by atoms with Crippen molar-refractivity contribution in [2.45, 2.75) is 0 Å². The van der Waals surface area contributed by atoms with Crippen LogP contribution in [0.1, 0.15) is 5.76 Å². The Morgan fingerprint density at radius 3 is 2.95 bits per heavy atom. The lowest BCUT2D eigenvalue weighted by Gasteiger charge is -1.99. The van der Waals surface area contributed by atoms with Crippen molar-refractivity contribution in [3.63, 3.8) is 0 Å². The van der Waals surface area contributed by atoms with Gasteiger partial charge in [-0.25, -0.2) is 5.43 Å². The van der Waals surface area contributed by atoms with E-state index in [4.69, 9.17) is 4.42 Å². The molecule has 0 spiro atoms. The fourth-order valence-electron chi connectivity index (χ4n) is 1.59. The summed E-state index contributed by atoms with van der Waals surface area (Å²) in [6.45, 7) is 0. The second-order valence-corrected chi connectivity index (χ2v) is 4.64. The molecular weight excluding hydrogens is 324 g/mol. The molecule has 0 aliphatic heterocycles. The number of aromatic amines is 1. The molecule has 0 radical (unpaired) electrons. The van der Waals surface area contributed by atoms with Gasteiger partial charge >= 0.3 is 0 Å². The summed E-state index contributed by atoms with van der Waals surface area (Å²) in [6, 6.07) is 11.6. The molecule has 1 aromatic carbocycles. The molecule has 0 bridgehead atoms. The van der Waals surface area contributed by atoms with Crippen LogP contribution in [-0.4, -0.2) is 26.8 Å². The highest BCUT2D eigenvalue weighted by molar-refractivity contribution is 9.10. The predicted molar refractivity (Wildman–Crippen MR) is 77.2 cm³/mol. The Labute approximate surface area is 122 Å². The first kappa shape index (κ1) is 12.5. The highest BCUT2D eigenvalue weighted by Crippen LogP contribution is 2.28. The standard InChI is InChI=1S/C12H9BrN6O/c13-10-4-2-1-3-9(10)11-6-5-8(20-11)7-14-15-12-16-18-19-17-12/h1-7H,(H2,15,16,17,18,19)/b14-7+. The summed E-state index contributed by atoms with van der Waals surface area (Å²) in [4.78, 5) is 0. The van der Waals surface area contributed by atoms with Gasteiger partial charge in [0, 0.05) is 10.0 Å². The van der Waals surface area contributed by atoms with Crippen molar-refractivity contribution in [1.82, 2.24) is 20.6 Å². The first-order chi connectivity index (χ1) is 9.83. The summed E-state index contributed by atoms with van der Waals surface area (Å²) in [6.07, 6.45) is 1.54. The van der Waals surface area contributed by atoms with E-state index in [1.807, 2.05) is 36.4 Å². The third-order valence-corrected chi connectivity index (χ3v) is 3.16. The minimum atomic E-state index is 0.291. The number of H-pyrrole nitrogens is 1. The van der Waals surface area contributed by atoms with E-state index in [-0.39, 0.29) is 0 Å². The summed E-state index contributed by atoms with van der Waals surface area (Å²) < 4.78 is 6.66. The van der Waals surface area contributed by atoms with Crippen LogP contribution in [0.15, 0.2) is 50.4 Å². The maximum absolute atomic E-state index is 5.69. The first-order valence-corrected chi connectivity index (χ1v) is 6.49. The van der Waals surface area contributed by atoms with Crippen molar-refractivity contribution in [2.24, 2.45) is 5.10 Å². The van der Waals surface area contributed by atoms with E-state index in [1.165, 1.54) is 6.21 Å². The van der Waals surface area contributed by atoms with Gasteiger partial charge in [0.1, 0.15) is 11.5 Å². The van der Waals surface area contributed by atoms with Crippen LogP contribution in [0.2, 0.25) is 0 Å². The molecule has 2 heterocycles. The maximum atomic E-state index is 5.69. The van der Waals surface area contributed by atoms with E-state index >= 15 is 0 Å². The van der Waals surface area contributed by atoms with Crippen LogP contribution in [0.4, 0.5) is 5.95 Å². The molecule has 0 saturated heterocycles. The Kier molecular flexibility index (Phi) is 3.55. The maximum Gasteiger partial charge on any atom is 0.283 e. The Hall–Kier alpha value is -2.48. The average Bonchev–Trinajstić information content (AvgIpc) is 3.11.